The molecule has 0 radical (unpaired) electrons. The number of imidazole rings is 1. The van der Waals surface area contributed by atoms with Crippen molar-refractivity contribution in [2.45, 2.75) is 118 Å². The van der Waals surface area contributed by atoms with E-state index in [2.05, 4.69) is 197 Å². The topological polar surface area (TPSA) is 8.81 Å². The largest absolute Gasteiger partial charge is 0.267 e. The summed E-state index contributed by atoms with van der Waals surface area (Å²) < 4.78 is 5.06. The van der Waals surface area contributed by atoms with Gasteiger partial charge >= 0.3 is 0 Å². The molecule has 0 aliphatic rings. The second-order valence-electron chi connectivity index (χ2n) is 18.3. The van der Waals surface area contributed by atoms with Crippen molar-refractivity contribution in [1.82, 2.24) is 4.57 Å². The third-order valence-corrected chi connectivity index (χ3v) is 10.5. The predicted octanol–water partition coefficient (Wildman–Crippen LogP) is 13.1. The van der Waals surface area contributed by atoms with Crippen LogP contribution >= 0.6 is 0 Å². The van der Waals surface area contributed by atoms with E-state index in [-0.39, 0.29) is 16.2 Å². The normalized spacial score (nSPS) is 13.0. The Bertz CT molecular complexity index is 2140. The lowest BCUT2D eigenvalue weighted by Gasteiger charge is -2.26. The van der Waals surface area contributed by atoms with Crippen LogP contribution in [-0.4, -0.2) is 4.57 Å². The van der Waals surface area contributed by atoms with E-state index in [1.165, 1.54) is 77.8 Å². The number of aromatic nitrogens is 2. The van der Waals surface area contributed by atoms with Crippen LogP contribution in [0.25, 0.3) is 49.7 Å². The molecule has 1 heterocycles. The smallest absolute Gasteiger partial charge is 0.229 e. The average Bonchev–Trinajstić information content (AvgIpc) is 3.35. The summed E-state index contributed by atoms with van der Waals surface area (Å²) in [7, 11) is 2.25. The lowest BCUT2D eigenvalue weighted by molar-refractivity contribution is -0.582. The summed E-state index contributed by atoms with van der Waals surface area (Å²) in [6.07, 6.45) is 0. The van der Waals surface area contributed by atoms with Crippen LogP contribution in [0, 0.1) is 0 Å². The second kappa shape index (κ2) is 12.6. The molecule has 0 saturated heterocycles. The van der Waals surface area contributed by atoms with Crippen LogP contribution in [0.5, 0.6) is 0 Å². The first-order valence-electron chi connectivity index (χ1n) is 18.6. The van der Waals surface area contributed by atoms with Gasteiger partial charge in [-0.15, -0.1) is 0 Å². The van der Waals surface area contributed by atoms with E-state index in [1.54, 1.807) is 0 Å². The molecular formula is C48H59N2+. The first kappa shape index (κ1) is 35.6. The van der Waals surface area contributed by atoms with Gasteiger partial charge in [-0.25, -0.2) is 4.57 Å². The maximum absolute atomic E-state index is 2.63. The molecule has 1 aromatic heterocycles. The summed E-state index contributed by atoms with van der Waals surface area (Å²) in [4.78, 5) is 0. The van der Waals surface area contributed by atoms with Crippen LogP contribution in [0.2, 0.25) is 0 Å². The monoisotopic (exact) mass is 663 g/mol. The minimum atomic E-state index is -0.0803. The van der Waals surface area contributed by atoms with Crippen molar-refractivity contribution in [2.75, 3.05) is 0 Å². The fraction of sp³-hybridized carbons (Fsp3) is 0.396. The average molecular weight is 664 g/mol. The van der Waals surface area contributed by atoms with Gasteiger partial charge in [0.1, 0.15) is 5.69 Å². The van der Waals surface area contributed by atoms with Crippen molar-refractivity contribution in [3.8, 4) is 27.9 Å². The number of hydrogen-bond donors (Lipinski definition) is 0. The van der Waals surface area contributed by atoms with Crippen LogP contribution < -0.4 is 4.57 Å². The second-order valence-corrected chi connectivity index (χ2v) is 18.3. The molecule has 260 valence electrons. The summed E-state index contributed by atoms with van der Waals surface area (Å²) >= 11 is 0. The van der Waals surface area contributed by atoms with Gasteiger partial charge in [0, 0.05) is 16.5 Å². The number of hydrogen-bond acceptors (Lipinski definition) is 0. The molecule has 5 aromatic carbocycles. The molecule has 0 spiro atoms. The Labute approximate surface area is 302 Å². The van der Waals surface area contributed by atoms with Gasteiger partial charge in [0.2, 0.25) is 0 Å². The van der Waals surface area contributed by atoms with E-state index < -0.39 is 0 Å². The highest BCUT2D eigenvalue weighted by Gasteiger charge is 2.37. The molecule has 0 saturated carbocycles. The number of aryl methyl sites for hydroxylation is 1. The first-order chi connectivity index (χ1) is 23.3. The minimum Gasteiger partial charge on any atom is -0.229 e. The lowest BCUT2D eigenvalue weighted by atomic mass is 9.79. The third kappa shape index (κ3) is 6.43. The Kier molecular flexibility index (Phi) is 8.95. The summed E-state index contributed by atoms with van der Waals surface area (Å²) in [5.41, 5.74) is 14.6. The molecule has 50 heavy (non-hydrogen) atoms. The number of rotatable bonds is 5. The maximum atomic E-state index is 2.63. The number of fused-ring (bicyclic) bond motifs is 3. The van der Waals surface area contributed by atoms with Gasteiger partial charge in [0.15, 0.2) is 11.0 Å². The van der Waals surface area contributed by atoms with Crippen molar-refractivity contribution in [2.24, 2.45) is 7.05 Å². The van der Waals surface area contributed by atoms with Crippen LogP contribution in [0.1, 0.15) is 130 Å². The number of nitrogens with zero attached hydrogens (tertiary/aromatic N) is 2. The summed E-state index contributed by atoms with van der Waals surface area (Å²) in [6.45, 7) is 30.3. The van der Waals surface area contributed by atoms with Crippen LogP contribution in [0.4, 0.5) is 0 Å². The van der Waals surface area contributed by atoms with Gasteiger partial charge in [-0.2, -0.15) is 4.57 Å². The highest BCUT2D eigenvalue weighted by molar-refractivity contribution is 6.02. The Morgan fingerprint density at radius 2 is 1.00 bits per heavy atom. The van der Waals surface area contributed by atoms with Gasteiger partial charge in [0.05, 0.1) is 12.5 Å². The fourth-order valence-electron chi connectivity index (χ4n) is 7.68. The Hall–Kier alpha value is -4.17. The van der Waals surface area contributed by atoms with Crippen LogP contribution in [-0.2, 0) is 23.3 Å². The quantitative estimate of drug-likeness (QED) is 0.162. The Balaban J connectivity index is 1.58. The molecule has 6 rings (SSSR count). The van der Waals surface area contributed by atoms with E-state index in [1.807, 2.05) is 0 Å². The molecule has 2 heteroatoms. The van der Waals surface area contributed by atoms with Crippen molar-refractivity contribution in [1.29, 1.82) is 0 Å². The van der Waals surface area contributed by atoms with Gasteiger partial charge in [-0.1, -0.05) is 130 Å². The van der Waals surface area contributed by atoms with Crippen molar-refractivity contribution in [3.05, 3.63) is 119 Å². The first-order valence-corrected chi connectivity index (χ1v) is 18.6. The third-order valence-electron chi connectivity index (χ3n) is 10.5. The minimum absolute atomic E-state index is 0.0803. The molecule has 0 N–H and O–H groups in total. The summed E-state index contributed by atoms with van der Waals surface area (Å²) in [5, 5.41) is 2.57. The van der Waals surface area contributed by atoms with Crippen molar-refractivity contribution >= 4 is 21.8 Å². The van der Waals surface area contributed by atoms with Crippen molar-refractivity contribution < 1.29 is 4.57 Å². The van der Waals surface area contributed by atoms with Crippen molar-refractivity contribution in [3.63, 3.8) is 0 Å². The van der Waals surface area contributed by atoms with Gasteiger partial charge < -0.3 is 0 Å². The molecule has 6 aromatic rings. The highest BCUT2D eigenvalue weighted by atomic mass is 15.2. The van der Waals surface area contributed by atoms with E-state index >= 15 is 0 Å². The molecule has 0 amide bonds. The maximum Gasteiger partial charge on any atom is 0.267 e. The van der Waals surface area contributed by atoms with E-state index in [4.69, 9.17) is 0 Å². The summed E-state index contributed by atoms with van der Waals surface area (Å²) in [5.74, 6) is 1.99. The van der Waals surface area contributed by atoms with Crippen LogP contribution in [0.3, 0.4) is 0 Å². The molecule has 0 fully saturated rings. The molecule has 0 atom stereocenters. The number of benzene rings is 5. The molecule has 2 nitrogen and oxygen atoms in total. The van der Waals surface area contributed by atoms with Crippen LogP contribution in [0.15, 0.2) is 91.0 Å². The van der Waals surface area contributed by atoms with E-state index in [0.29, 0.717) is 11.8 Å². The molecule has 0 aliphatic carbocycles. The predicted molar refractivity (Wildman–Crippen MR) is 217 cm³/mol. The molecule has 0 unspecified atom stereocenters. The Morgan fingerprint density at radius 1 is 0.520 bits per heavy atom. The molecule has 0 aliphatic heterocycles. The fourth-order valence-corrected chi connectivity index (χ4v) is 7.68. The summed E-state index contributed by atoms with van der Waals surface area (Å²) in [6, 6.07) is 34.9. The molecular weight excluding hydrogens is 605 g/mol. The van der Waals surface area contributed by atoms with Gasteiger partial charge in [-0.05, 0) is 113 Å². The van der Waals surface area contributed by atoms with Gasteiger partial charge in [-0.3, -0.25) is 0 Å². The standard InChI is InChI=1S/C48H59N2/c1-30(2)40-27-36(33-21-19-32(20-22-33)35-25-37(46(5,6)7)29-38(26-35)47(8,9)10)28-41(31(3)4)43(40)50-44-39-18-16-15-17-34(39)23-24-42(44)49(14)45(50)48(11,12)13/h15-31H,1-14H3/q+1. The van der Waals surface area contributed by atoms with Gasteiger partial charge in [0.25, 0.3) is 5.82 Å². The SMILES string of the molecule is CC(C)c1cc(-c2ccc(-c3cc(C(C)(C)C)cc(C(C)(C)C)c3)cc2)cc(C(C)C)c1-[n+]1c(C(C)(C)C)n(C)c2ccc3ccccc3c21. The zero-order valence-electron chi connectivity index (χ0n) is 33.2. The molecule has 0 bridgehead atoms. The highest BCUT2D eigenvalue weighted by Crippen LogP contribution is 2.39. The Morgan fingerprint density at radius 3 is 1.46 bits per heavy atom. The van der Waals surface area contributed by atoms with E-state index in [0.717, 1.165) is 0 Å². The zero-order chi connectivity index (χ0) is 36.5. The van der Waals surface area contributed by atoms with E-state index in [9.17, 15) is 0 Å². The zero-order valence-corrected chi connectivity index (χ0v) is 33.2. The lowest BCUT2D eigenvalue weighted by Crippen LogP contribution is -2.43.